The molecule has 0 spiro atoms. The molecule has 0 fully saturated rings. The molecular formula is C18H22BrNO. The van der Waals surface area contributed by atoms with Gasteiger partial charge < -0.3 is 10.1 Å². The molecular weight excluding hydrogens is 326 g/mol. The van der Waals surface area contributed by atoms with E-state index in [-0.39, 0.29) is 0 Å². The largest absolute Gasteiger partial charge is 0.494 e. The number of rotatable bonds is 8. The van der Waals surface area contributed by atoms with Gasteiger partial charge in [-0.2, -0.15) is 0 Å². The molecule has 0 heterocycles. The third-order valence-electron chi connectivity index (χ3n) is 3.30. The van der Waals surface area contributed by atoms with Gasteiger partial charge in [-0.25, -0.2) is 0 Å². The molecule has 0 atom stereocenters. The van der Waals surface area contributed by atoms with Gasteiger partial charge in [0.05, 0.1) is 6.61 Å². The first-order valence-corrected chi connectivity index (χ1v) is 8.29. The molecule has 0 saturated heterocycles. The second-order valence-electron chi connectivity index (χ2n) is 5.03. The molecule has 3 heteroatoms. The topological polar surface area (TPSA) is 21.3 Å². The lowest BCUT2D eigenvalue weighted by Crippen LogP contribution is -2.00. The van der Waals surface area contributed by atoms with E-state index in [4.69, 9.17) is 4.74 Å². The van der Waals surface area contributed by atoms with E-state index in [0.29, 0.717) is 0 Å². The van der Waals surface area contributed by atoms with Gasteiger partial charge >= 0.3 is 0 Å². The van der Waals surface area contributed by atoms with Crippen LogP contribution >= 0.6 is 15.9 Å². The normalized spacial score (nSPS) is 10.4. The summed E-state index contributed by atoms with van der Waals surface area (Å²) in [4.78, 5) is 0. The molecule has 2 rings (SSSR count). The minimum absolute atomic E-state index is 0.804. The highest BCUT2D eigenvalue weighted by Crippen LogP contribution is 2.22. The number of hydrogen-bond acceptors (Lipinski definition) is 2. The van der Waals surface area contributed by atoms with Crippen molar-refractivity contribution in [3.63, 3.8) is 0 Å². The van der Waals surface area contributed by atoms with Crippen LogP contribution in [-0.4, -0.2) is 6.61 Å². The lowest BCUT2D eigenvalue weighted by atomic mass is 10.2. The predicted molar refractivity (Wildman–Crippen MR) is 92.9 cm³/mol. The number of nitrogens with one attached hydrogen (secondary N) is 1. The van der Waals surface area contributed by atoms with Crippen LogP contribution in [0.1, 0.15) is 31.7 Å². The zero-order chi connectivity index (χ0) is 14.9. The standard InChI is InChI=1S/C18H22BrNO/c1-2-3-6-13-21-16-11-9-15(10-12-16)14-20-18-8-5-4-7-17(18)19/h4-5,7-12,20H,2-3,6,13-14H2,1H3. The number of halogens is 1. The van der Waals surface area contributed by atoms with E-state index in [9.17, 15) is 0 Å². The molecule has 1 N–H and O–H groups in total. The lowest BCUT2D eigenvalue weighted by molar-refractivity contribution is 0.306. The third-order valence-corrected chi connectivity index (χ3v) is 3.99. The molecule has 112 valence electrons. The summed E-state index contributed by atoms with van der Waals surface area (Å²) in [5.74, 6) is 0.954. The average molecular weight is 348 g/mol. The van der Waals surface area contributed by atoms with Crippen molar-refractivity contribution in [2.24, 2.45) is 0 Å². The van der Waals surface area contributed by atoms with Crippen LogP contribution in [-0.2, 0) is 6.54 Å². The van der Waals surface area contributed by atoms with Crippen LogP contribution in [0.25, 0.3) is 0 Å². The average Bonchev–Trinajstić information content (AvgIpc) is 2.52. The minimum atomic E-state index is 0.804. The molecule has 0 aliphatic rings. The molecule has 0 radical (unpaired) electrons. The van der Waals surface area contributed by atoms with Gasteiger partial charge in [-0.3, -0.25) is 0 Å². The number of anilines is 1. The fourth-order valence-electron chi connectivity index (χ4n) is 2.05. The molecule has 0 aromatic heterocycles. The van der Waals surface area contributed by atoms with Crippen molar-refractivity contribution in [2.45, 2.75) is 32.7 Å². The predicted octanol–water partition coefficient (Wildman–Crippen LogP) is 5.63. The molecule has 0 bridgehead atoms. The maximum atomic E-state index is 5.72. The molecule has 0 saturated carbocycles. The Morgan fingerprint density at radius 2 is 1.76 bits per heavy atom. The highest BCUT2D eigenvalue weighted by atomic mass is 79.9. The van der Waals surface area contributed by atoms with Crippen molar-refractivity contribution < 1.29 is 4.74 Å². The van der Waals surface area contributed by atoms with E-state index < -0.39 is 0 Å². The van der Waals surface area contributed by atoms with Crippen LogP contribution in [0.5, 0.6) is 5.75 Å². The van der Waals surface area contributed by atoms with E-state index in [2.05, 4.69) is 46.4 Å². The number of hydrogen-bond donors (Lipinski definition) is 1. The van der Waals surface area contributed by atoms with Crippen molar-refractivity contribution in [1.29, 1.82) is 0 Å². The van der Waals surface area contributed by atoms with Gasteiger partial charge in [0.1, 0.15) is 5.75 Å². The second-order valence-corrected chi connectivity index (χ2v) is 5.89. The Balaban J connectivity index is 1.81. The zero-order valence-corrected chi connectivity index (χ0v) is 14.0. The van der Waals surface area contributed by atoms with E-state index in [0.717, 1.165) is 35.5 Å². The summed E-state index contributed by atoms with van der Waals surface area (Å²) in [6.45, 7) is 3.81. The van der Waals surface area contributed by atoms with Gasteiger partial charge in [0.25, 0.3) is 0 Å². The van der Waals surface area contributed by atoms with Gasteiger partial charge in [0.15, 0.2) is 0 Å². The molecule has 0 amide bonds. The van der Waals surface area contributed by atoms with Gasteiger partial charge in [-0.15, -0.1) is 0 Å². The maximum absolute atomic E-state index is 5.72. The Morgan fingerprint density at radius 3 is 2.48 bits per heavy atom. The van der Waals surface area contributed by atoms with Crippen LogP contribution in [0.3, 0.4) is 0 Å². The Kier molecular flexibility index (Phi) is 6.61. The highest BCUT2D eigenvalue weighted by molar-refractivity contribution is 9.10. The first kappa shape index (κ1) is 15.9. The first-order chi connectivity index (χ1) is 10.3. The van der Waals surface area contributed by atoms with Gasteiger partial charge in [-0.05, 0) is 52.2 Å². The Bertz CT molecular complexity index is 539. The summed E-state index contributed by atoms with van der Waals surface area (Å²) < 4.78 is 6.80. The molecule has 21 heavy (non-hydrogen) atoms. The van der Waals surface area contributed by atoms with E-state index in [1.165, 1.54) is 18.4 Å². The SMILES string of the molecule is CCCCCOc1ccc(CNc2ccccc2Br)cc1. The van der Waals surface area contributed by atoms with Crippen molar-refractivity contribution in [3.05, 3.63) is 58.6 Å². The second kappa shape index (κ2) is 8.73. The van der Waals surface area contributed by atoms with Crippen LogP contribution in [0.15, 0.2) is 53.0 Å². The summed E-state index contributed by atoms with van der Waals surface area (Å²) in [6.07, 6.45) is 3.58. The van der Waals surface area contributed by atoms with Crippen LogP contribution in [0, 0.1) is 0 Å². The van der Waals surface area contributed by atoms with Crippen molar-refractivity contribution in [2.75, 3.05) is 11.9 Å². The van der Waals surface area contributed by atoms with Crippen LogP contribution in [0.4, 0.5) is 5.69 Å². The fourth-order valence-corrected chi connectivity index (χ4v) is 2.47. The molecule has 0 unspecified atom stereocenters. The monoisotopic (exact) mass is 347 g/mol. The van der Waals surface area contributed by atoms with Crippen molar-refractivity contribution >= 4 is 21.6 Å². The third kappa shape index (κ3) is 5.43. The summed E-state index contributed by atoms with van der Waals surface area (Å²) in [5.41, 5.74) is 2.35. The molecule has 2 aromatic carbocycles. The Morgan fingerprint density at radius 1 is 1.00 bits per heavy atom. The van der Waals surface area contributed by atoms with E-state index in [1.54, 1.807) is 0 Å². The summed E-state index contributed by atoms with van der Waals surface area (Å²) in [7, 11) is 0. The van der Waals surface area contributed by atoms with Crippen LogP contribution in [0.2, 0.25) is 0 Å². The quantitative estimate of drug-likeness (QED) is 0.624. The molecule has 2 nitrogen and oxygen atoms in total. The molecule has 2 aromatic rings. The smallest absolute Gasteiger partial charge is 0.119 e. The van der Waals surface area contributed by atoms with Gasteiger partial charge in [0, 0.05) is 16.7 Å². The van der Waals surface area contributed by atoms with Crippen molar-refractivity contribution in [3.8, 4) is 5.75 Å². The number of para-hydroxylation sites is 1. The van der Waals surface area contributed by atoms with E-state index >= 15 is 0 Å². The van der Waals surface area contributed by atoms with E-state index in [1.807, 2.05) is 30.3 Å². The Labute approximate surface area is 135 Å². The maximum Gasteiger partial charge on any atom is 0.119 e. The number of ether oxygens (including phenoxy) is 1. The first-order valence-electron chi connectivity index (χ1n) is 7.49. The highest BCUT2D eigenvalue weighted by Gasteiger charge is 1.99. The lowest BCUT2D eigenvalue weighted by Gasteiger charge is -2.10. The number of benzene rings is 2. The summed E-state index contributed by atoms with van der Waals surface area (Å²) in [6, 6.07) is 16.5. The van der Waals surface area contributed by atoms with Crippen molar-refractivity contribution in [1.82, 2.24) is 0 Å². The number of unbranched alkanes of at least 4 members (excludes halogenated alkanes) is 2. The summed E-state index contributed by atoms with van der Waals surface area (Å²) in [5, 5.41) is 3.42. The molecule has 0 aliphatic heterocycles. The van der Waals surface area contributed by atoms with Crippen LogP contribution < -0.4 is 10.1 Å². The van der Waals surface area contributed by atoms with Gasteiger partial charge in [-0.1, -0.05) is 44.0 Å². The minimum Gasteiger partial charge on any atom is -0.494 e. The fraction of sp³-hybridized carbons (Fsp3) is 0.333. The molecule has 0 aliphatic carbocycles. The van der Waals surface area contributed by atoms with Gasteiger partial charge in [0.2, 0.25) is 0 Å². The zero-order valence-electron chi connectivity index (χ0n) is 12.4. The summed E-state index contributed by atoms with van der Waals surface area (Å²) >= 11 is 3.54. The Hall–Kier alpha value is -1.48.